The topological polar surface area (TPSA) is 63.0 Å². The SMILES string of the molecule is CCOC(=O)c1ncc(Cl)cc1C#N. The van der Waals surface area contributed by atoms with Gasteiger partial charge in [0.2, 0.25) is 0 Å². The van der Waals surface area contributed by atoms with Gasteiger partial charge in [-0.1, -0.05) is 11.6 Å². The van der Waals surface area contributed by atoms with Crippen LogP contribution in [0.4, 0.5) is 0 Å². The molecule has 1 heterocycles. The number of hydrogen-bond donors (Lipinski definition) is 0. The number of nitrogens with zero attached hydrogens (tertiary/aromatic N) is 2. The van der Waals surface area contributed by atoms with Gasteiger partial charge in [-0.2, -0.15) is 5.26 Å². The minimum Gasteiger partial charge on any atom is -0.461 e. The lowest BCUT2D eigenvalue weighted by Crippen LogP contribution is -2.09. The molecule has 5 heteroatoms. The van der Waals surface area contributed by atoms with Gasteiger partial charge >= 0.3 is 5.97 Å². The van der Waals surface area contributed by atoms with E-state index < -0.39 is 5.97 Å². The molecule has 0 saturated carbocycles. The van der Waals surface area contributed by atoms with Crippen molar-refractivity contribution in [2.75, 3.05) is 6.61 Å². The summed E-state index contributed by atoms with van der Waals surface area (Å²) in [6.45, 7) is 1.92. The van der Waals surface area contributed by atoms with Crippen LogP contribution in [-0.4, -0.2) is 17.6 Å². The van der Waals surface area contributed by atoms with Crippen LogP contribution in [0, 0.1) is 11.3 Å². The Kier molecular flexibility index (Phi) is 3.43. The van der Waals surface area contributed by atoms with Gasteiger partial charge in [-0.3, -0.25) is 0 Å². The zero-order valence-corrected chi connectivity index (χ0v) is 8.21. The molecule has 0 amide bonds. The van der Waals surface area contributed by atoms with E-state index in [1.54, 1.807) is 6.92 Å². The van der Waals surface area contributed by atoms with Crippen LogP contribution in [0.15, 0.2) is 12.3 Å². The number of carbonyl (C=O) groups excluding carboxylic acids is 1. The number of nitriles is 1. The third-order valence-corrected chi connectivity index (χ3v) is 1.65. The fourth-order valence-electron chi connectivity index (χ4n) is 0.887. The molecule has 14 heavy (non-hydrogen) atoms. The molecule has 1 aromatic heterocycles. The molecular formula is C9H7ClN2O2. The fraction of sp³-hybridized carbons (Fsp3) is 0.222. The Balaban J connectivity index is 3.09. The van der Waals surface area contributed by atoms with Gasteiger partial charge in [0.15, 0.2) is 5.69 Å². The molecular weight excluding hydrogens is 204 g/mol. The number of carbonyl (C=O) groups is 1. The van der Waals surface area contributed by atoms with Gasteiger partial charge in [-0.15, -0.1) is 0 Å². The van der Waals surface area contributed by atoms with E-state index >= 15 is 0 Å². The molecule has 0 spiro atoms. The summed E-state index contributed by atoms with van der Waals surface area (Å²) in [6, 6.07) is 3.20. The van der Waals surface area contributed by atoms with E-state index in [0.717, 1.165) is 0 Å². The number of rotatable bonds is 2. The molecule has 1 aromatic rings. The lowest BCUT2D eigenvalue weighted by Gasteiger charge is -2.02. The Morgan fingerprint density at radius 2 is 2.50 bits per heavy atom. The van der Waals surface area contributed by atoms with E-state index in [9.17, 15) is 4.79 Å². The second-order valence-electron chi connectivity index (χ2n) is 2.38. The van der Waals surface area contributed by atoms with Crippen LogP contribution in [0.25, 0.3) is 0 Å². The number of hydrogen-bond acceptors (Lipinski definition) is 4. The molecule has 72 valence electrons. The number of halogens is 1. The molecule has 0 aliphatic heterocycles. The van der Waals surface area contributed by atoms with E-state index in [1.165, 1.54) is 12.3 Å². The summed E-state index contributed by atoms with van der Waals surface area (Å²) in [5.41, 5.74) is 0.120. The summed E-state index contributed by atoms with van der Waals surface area (Å²) in [7, 11) is 0. The number of ether oxygens (including phenoxy) is 1. The van der Waals surface area contributed by atoms with Gasteiger partial charge < -0.3 is 4.74 Å². The average Bonchev–Trinajstić information content (AvgIpc) is 2.17. The van der Waals surface area contributed by atoms with Crippen molar-refractivity contribution in [3.05, 3.63) is 28.5 Å². The third kappa shape index (κ3) is 2.21. The molecule has 0 aliphatic carbocycles. The first kappa shape index (κ1) is 10.5. The highest BCUT2D eigenvalue weighted by Crippen LogP contribution is 2.13. The molecule has 0 unspecified atom stereocenters. The Morgan fingerprint density at radius 1 is 1.79 bits per heavy atom. The van der Waals surface area contributed by atoms with E-state index in [2.05, 4.69) is 4.98 Å². The van der Waals surface area contributed by atoms with E-state index in [-0.39, 0.29) is 17.9 Å². The van der Waals surface area contributed by atoms with Crippen molar-refractivity contribution in [3.63, 3.8) is 0 Å². The molecule has 0 N–H and O–H groups in total. The second-order valence-corrected chi connectivity index (χ2v) is 2.82. The van der Waals surface area contributed by atoms with Crippen molar-refractivity contribution in [1.29, 1.82) is 5.26 Å². The highest BCUT2D eigenvalue weighted by molar-refractivity contribution is 6.30. The maximum Gasteiger partial charge on any atom is 0.358 e. The van der Waals surface area contributed by atoms with Crippen molar-refractivity contribution >= 4 is 17.6 Å². The van der Waals surface area contributed by atoms with Crippen LogP contribution in [0.5, 0.6) is 0 Å². The van der Waals surface area contributed by atoms with Crippen LogP contribution in [0.1, 0.15) is 23.0 Å². The van der Waals surface area contributed by atoms with Crippen molar-refractivity contribution in [2.45, 2.75) is 6.92 Å². The Hall–Kier alpha value is -1.60. The maximum atomic E-state index is 11.3. The first-order chi connectivity index (χ1) is 6.69. The highest BCUT2D eigenvalue weighted by Gasteiger charge is 2.14. The van der Waals surface area contributed by atoms with Crippen LogP contribution < -0.4 is 0 Å². The summed E-state index contributed by atoms with van der Waals surface area (Å²) in [5, 5.41) is 9.02. The Labute approximate surface area is 86.1 Å². The van der Waals surface area contributed by atoms with Crippen molar-refractivity contribution < 1.29 is 9.53 Å². The highest BCUT2D eigenvalue weighted by atomic mass is 35.5. The third-order valence-electron chi connectivity index (χ3n) is 1.44. The standard InChI is InChI=1S/C9H7ClN2O2/c1-2-14-9(13)8-6(4-11)3-7(10)5-12-8/h3,5H,2H2,1H3. The number of esters is 1. The van der Waals surface area contributed by atoms with E-state index in [0.29, 0.717) is 5.02 Å². The van der Waals surface area contributed by atoms with E-state index in [1.807, 2.05) is 6.07 Å². The predicted molar refractivity (Wildman–Crippen MR) is 49.9 cm³/mol. The minimum atomic E-state index is -0.610. The normalized spacial score (nSPS) is 9.21. The van der Waals surface area contributed by atoms with Crippen molar-refractivity contribution in [3.8, 4) is 6.07 Å². The van der Waals surface area contributed by atoms with Crippen LogP contribution in [0.2, 0.25) is 5.02 Å². The maximum absolute atomic E-state index is 11.3. The van der Waals surface area contributed by atoms with Gasteiger partial charge in [-0.05, 0) is 13.0 Å². The molecule has 1 rings (SSSR count). The molecule has 0 fully saturated rings. The molecule has 4 nitrogen and oxygen atoms in total. The van der Waals surface area contributed by atoms with Crippen LogP contribution in [0.3, 0.4) is 0 Å². The lowest BCUT2D eigenvalue weighted by atomic mass is 10.2. The van der Waals surface area contributed by atoms with Gasteiger partial charge in [0, 0.05) is 6.20 Å². The molecule has 0 aliphatic rings. The van der Waals surface area contributed by atoms with Gasteiger partial charge in [0.1, 0.15) is 6.07 Å². The molecule has 0 radical (unpaired) electrons. The van der Waals surface area contributed by atoms with Gasteiger partial charge in [0.25, 0.3) is 0 Å². The van der Waals surface area contributed by atoms with Crippen LogP contribution >= 0.6 is 11.6 Å². The summed E-state index contributed by atoms with van der Waals surface area (Å²) < 4.78 is 4.71. The molecule has 0 saturated heterocycles. The van der Waals surface area contributed by atoms with Crippen LogP contribution in [-0.2, 0) is 4.74 Å². The second kappa shape index (κ2) is 4.58. The smallest absolute Gasteiger partial charge is 0.358 e. The minimum absolute atomic E-state index is 0.00116. The summed E-state index contributed by atoms with van der Waals surface area (Å²) >= 11 is 5.61. The lowest BCUT2D eigenvalue weighted by molar-refractivity contribution is 0.0519. The Morgan fingerprint density at radius 3 is 3.07 bits per heavy atom. The first-order valence-corrected chi connectivity index (χ1v) is 4.29. The largest absolute Gasteiger partial charge is 0.461 e. The molecule has 0 atom stereocenters. The summed E-state index contributed by atoms with van der Waals surface area (Å²) in [5.74, 6) is -0.610. The predicted octanol–water partition coefficient (Wildman–Crippen LogP) is 1.78. The number of aromatic nitrogens is 1. The quantitative estimate of drug-likeness (QED) is 0.698. The van der Waals surface area contributed by atoms with E-state index in [4.69, 9.17) is 21.6 Å². The van der Waals surface area contributed by atoms with Crippen molar-refractivity contribution in [1.82, 2.24) is 4.98 Å². The average molecular weight is 211 g/mol. The summed E-state index contributed by atoms with van der Waals surface area (Å²) in [6.07, 6.45) is 1.30. The van der Waals surface area contributed by atoms with Gasteiger partial charge in [0.05, 0.1) is 17.2 Å². The van der Waals surface area contributed by atoms with Crippen molar-refractivity contribution in [2.24, 2.45) is 0 Å². The Bertz CT molecular complexity index is 398. The zero-order chi connectivity index (χ0) is 10.6. The number of pyridine rings is 1. The molecule has 0 bridgehead atoms. The van der Waals surface area contributed by atoms with Gasteiger partial charge in [-0.25, -0.2) is 9.78 Å². The monoisotopic (exact) mass is 210 g/mol. The fourth-order valence-corrected chi connectivity index (χ4v) is 1.04. The molecule has 0 aromatic carbocycles. The first-order valence-electron chi connectivity index (χ1n) is 3.91. The summed E-state index contributed by atoms with van der Waals surface area (Å²) in [4.78, 5) is 15.0. The zero-order valence-electron chi connectivity index (χ0n) is 7.45.